The number of nitrogens with two attached hydrogens (primary N) is 1. The highest BCUT2D eigenvalue weighted by molar-refractivity contribution is 6.03. The summed E-state index contributed by atoms with van der Waals surface area (Å²) in [6.45, 7) is 4.43. The van der Waals surface area contributed by atoms with Crippen molar-refractivity contribution >= 4 is 17.3 Å². The lowest BCUT2D eigenvalue weighted by atomic mass is 10.2. The topological polar surface area (TPSA) is 72.9 Å². The average molecular weight is 276 g/mol. The Labute approximate surface area is 116 Å². The van der Waals surface area contributed by atoms with Crippen LogP contribution in [0.15, 0.2) is 24.3 Å². The summed E-state index contributed by atoms with van der Waals surface area (Å²) >= 11 is 0. The van der Waals surface area contributed by atoms with Crippen molar-refractivity contribution in [3.8, 4) is 0 Å². The highest BCUT2D eigenvalue weighted by Crippen LogP contribution is 2.18. The minimum Gasteiger partial charge on any atom is -0.399 e. The van der Waals surface area contributed by atoms with Gasteiger partial charge in [-0.3, -0.25) is 9.48 Å². The molecule has 0 unspecified atom stereocenters. The van der Waals surface area contributed by atoms with Gasteiger partial charge in [-0.15, -0.1) is 0 Å². The summed E-state index contributed by atoms with van der Waals surface area (Å²) in [6, 6.07) is 5.86. The molecule has 0 saturated carbocycles. The van der Waals surface area contributed by atoms with Crippen LogP contribution in [-0.2, 0) is 13.0 Å². The third-order valence-corrected chi connectivity index (χ3v) is 2.97. The second-order valence-corrected chi connectivity index (χ2v) is 4.38. The van der Waals surface area contributed by atoms with Crippen molar-refractivity contribution in [3.63, 3.8) is 0 Å². The number of rotatable bonds is 4. The molecule has 0 spiro atoms. The Balaban J connectivity index is 2.25. The molecule has 2 rings (SSSR count). The van der Waals surface area contributed by atoms with E-state index in [4.69, 9.17) is 5.73 Å². The minimum absolute atomic E-state index is 0.103. The van der Waals surface area contributed by atoms with Gasteiger partial charge in [-0.2, -0.15) is 5.10 Å². The van der Waals surface area contributed by atoms with Crippen LogP contribution in [0.5, 0.6) is 0 Å². The molecule has 0 aliphatic carbocycles. The Morgan fingerprint density at radius 2 is 2.15 bits per heavy atom. The first-order valence-electron chi connectivity index (χ1n) is 6.48. The molecule has 0 atom stereocenters. The number of aryl methyl sites for hydroxylation is 2. The van der Waals surface area contributed by atoms with Gasteiger partial charge in [-0.25, -0.2) is 4.39 Å². The third-order valence-electron chi connectivity index (χ3n) is 2.97. The Morgan fingerprint density at radius 1 is 1.40 bits per heavy atom. The largest absolute Gasteiger partial charge is 0.399 e. The van der Waals surface area contributed by atoms with Crippen molar-refractivity contribution in [1.29, 1.82) is 0 Å². The van der Waals surface area contributed by atoms with Crippen LogP contribution in [0, 0.1) is 5.82 Å². The Bertz CT molecular complexity index is 636. The van der Waals surface area contributed by atoms with E-state index in [1.54, 1.807) is 10.7 Å². The van der Waals surface area contributed by atoms with Crippen molar-refractivity contribution in [2.24, 2.45) is 0 Å². The van der Waals surface area contributed by atoms with E-state index < -0.39 is 5.82 Å². The van der Waals surface area contributed by atoms with Crippen molar-refractivity contribution in [2.45, 2.75) is 26.8 Å². The number of nitrogens with zero attached hydrogens (tertiary/aromatic N) is 2. The molecule has 1 amide bonds. The van der Waals surface area contributed by atoms with Gasteiger partial charge in [0.05, 0.1) is 11.4 Å². The van der Waals surface area contributed by atoms with Crippen molar-refractivity contribution in [2.75, 3.05) is 11.1 Å². The van der Waals surface area contributed by atoms with Crippen molar-refractivity contribution in [3.05, 3.63) is 41.5 Å². The summed E-state index contributed by atoms with van der Waals surface area (Å²) in [4.78, 5) is 12.2. The Morgan fingerprint density at radius 3 is 2.75 bits per heavy atom. The highest BCUT2D eigenvalue weighted by Gasteiger charge is 2.15. The maximum absolute atomic E-state index is 13.7. The number of nitrogens with one attached hydrogen (secondary N) is 1. The third kappa shape index (κ3) is 2.79. The molecule has 0 saturated heterocycles. The molecular weight excluding hydrogens is 259 g/mol. The molecule has 0 radical (unpaired) electrons. The van der Waals surface area contributed by atoms with Gasteiger partial charge in [0.25, 0.3) is 5.91 Å². The van der Waals surface area contributed by atoms with Crippen LogP contribution >= 0.6 is 0 Å². The maximum Gasteiger partial charge on any atom is 0.274 e. The summed E-state index contributed by atoms with van der Waals surface area (Å²) < 4.78 is 15.3. The summed E-state index contributed by atoms with van der Waals surface area (Å²) in [6.07, 6.45) is 0.740. The number of carbonyl (C=O) groups is 1. The predicted octanol–water partition coefficient (Wildman–Crippen LogP) is 2.44. The van der Waals surface area contributed by atoms with Gasteiger partial charge >= 0.3 is 0 Å². The second-order valence-electron chi connectivity index (χ2n) is 4.38. The van der Waals surface area contributed by atoms with Crippen LogP contribution in [0.4, 0.5) is 15.8 Å². The number of aromatic nitrogens is 2. The van der Waals surface area contributed by atoms with Crippen LogP contribution < -0.4 is 11.1 Å². The molecule has 0 aliphatic heterocycles. The second kappa shape index (κ2) is 5.73. The van der Waals surface area contributed by atoms with Crippen LogP contribution in [0.25, 0.3) is 0 Å². The number of carbonyl (C=O) groups excluding carboxylic acids is 1. The minimum atomic E-state index is -0.559. The molecular formula is C14H17FN4O. The van der Waals surface area contributed by atoms with Gasteiger partial charge < -0.3 is 11.1 Å². The summed E-state index contributed by atoms with van der Waals surface area (Å²) in [5.41, 5.74) is 7.13. The van der Waals surface area contributed by atoms with E-state index in [1.807, 2.05) is 13.8 Å². The Kier molecular flexibility index (Phi) is 4.02. The van der Waals surface area contributed by atoms with Crippen molar-refractivity contribution in [1.82, 2.24) is 9.78 Å². The van der Waals surface area contributed by atoms with Crippen LogP contribution in [0.3, 0.4) is 0 Å². The molecule has 2 aromatic rings. The number of amides is 1. The fraction of sp³-hybridized carbons (Fsp3) is 0.286. The molecule has 1 heterocycles. The Hall–Kier alpha value is -2.37. The fourth-order valence-corrected chi connectivity index (χ4v) is 1.89. The molecule has 1 aromatic heterocycles. The molecule has 3 N–H and O–H groups in total. The first kappa shape index (κ1) is 14.0. The van der Waals surface area contributed by atoms with Gasteiger partial charge in [0.1, 0.15) is 11.5 Å². The van der Waals surface area contributed by atoms with E-state index in [1.165, 1.54) is 18.2 Å². The van der Waals surface area contributed by atoms with Gasteiger partial charge in [0.2, 0.25) is 0 Å². The lowest BCUT2D eigenvalue weighted by Crippen LogP contribution is -2.18. The van der Waals surface area contributed by atoms with Gasteiger partial charge in [0, 0.05) is 12.2 Å². The number of anilines is 2. The van der Waals surface area contributed by atoms with Crippen LogP contribution in [0.1, 0.15) is 30.0 Å². The normalized spacial score (nSPS) is 10.6. The molecule has 0 aliphatic rings. The van der Waals surface area contributed by atoms with E-state index in [0.717, 1.165) is 12.1 Å². The number of hydrogen-bond acceptors (Lipinski definition) is 3. The number of nitrogen functional groups attached to an aromatic ring is 1. The quantitative estimate of drug-likeness (QED) is 0.842. The lowest BCUT2D eigenvalue weighted by molar-refractivity contribution is 0.101. The SMILES string of the molecule is CCc1cc(C(=O)Nc2ccc(N)cc2F)n(CC)n1. The fourth-order valence-electron chi connectivity index (χ4n) is 1.89. The van der Waals surface area contributed by atoms with E-state index in [0.29, 0.717) is 17.9 Å². The zero-order chi connectivity index (χ0) is 14.7. The number of benzene rings is 1. The van der Waals surface area contributed by atoms with E-state index in [-0.39, 0.29) is 11.6 Å². The average Bonchev–Trinajstić information content (AvgIpc) is 2.85. The number of halogens is 1. The monoisotopic (exact) mass is 276 g/mol. The zero-order valence-corrected chi connectivity index (χ0v) is 11.5. The molecule has 106 valence electrons. The van der Waals surface area contributed by atoms with E-state index in [2.05, 4.69) is 10.4 Å². The van der Waals surface area contributed by atoms with Gasteiger partial charge in [-0.1, -0.05) is 6.92 Å². The van der Waals surface area contributed by atoms with Gasteiger partial charge in [-0.05, 0) is 37.6 Å². The molecule has 1 aromatic carbocycles. The molecule has 20 heavy (non-hydrogen) atoms. The predicted molar refractivity (Wildman–Crippen MR) is 76.0 cm³/mol. The van der Waals surface area contributed by atoms with E-state index in [9.17, 15) is 9.18 Å². The molecule has 0 fully saturated rings. The first-order chi connectivity index (χ1) is 9.55. The van der Waals surface area contributed by atoms with Crippen LogP contribution in [0.2, 0.25) is 0 Å². The van der Waals surface area contributed by atoms with Crippen LogP contribution in [-0.4, -0.2) is 15.7 Å². The smallest absolute Gasteiger partial charge is 0.274 e. The summed E-state index contributed by atoms with van der Waals surface area (Å²) in [5, 5.41) is 6.82. The highest BCUT2D eigenvalue weighted by atomic mass is 19.1. The zero-order valence-electron chi connectivity index (χ0n) is 11.5. The van der Waals surface area contributed by atoms with Crippen molar-refractivity contribution < 1.29 is 9.18 Å². The molecule has 0 bridgehead atoms. The van der Waals surface area contributed by atoms with E-state index >= 15 is 0 Å². The maximum atomic E-state index is 13.7. The standard InChI is InChI=1S/C14H17FN4O/c1-3-10-8-13(19(4-2)18-10)14(20)17-12-6-5-9(16)7-11(12)15/h5-8H,3-4,16H2,1-2H3,(H,17,20). The number of hydrogen-bond donors (Lipinski definition) is 2. The first-order valence-corrected chi connectivity index (χ1v) is 6.48. The molecule has 5 nitrogen and oxygen atoms in total. The summed E-state index contributed by atoms with van der Waals surface area (Å²) in [7, 11) is 0. The lowest BCUT2D eigenvalue weighted by Gasteiger charge is -2.08. The molecule has 6 heteroatoms. The summed E-state index contributed by atoms with van der Waals surface area (Å²) in [5.74, 6) is -0.945. The van der Waals surface area contributed by atoms with Gasteiger partial charge in [0.15, 0.2) is 0 Å².